The standard InChI is InChI=1S/C13H19NO3/c1-17-12-7-5-6-11(10-12)13(16)14-8-3-2-4-9-15/h5-7,10,15H,2-4,8-9H2,1H3,(H,14,16). The van der Waals surface area contributed by atoms with Crippen molar-refractivity contribution in [1.82, 2.24) is 5.32 Å². The number of methoxy groups -OCH3 is 1. The summed E-state index contributed by atoms with van der Waals surface area (Å²) in [5, 5.41) is 11.4. The van der Waals surface area contributed by atoms with E-state index in [4.69, 9.17) is 9.84 Å². The number of amides is 1. The Hall–Kier alpha value is -1.55. The van der Waals surface area contributed by atoms with Crippen LogP contribution in [0, 0.1) is 0 Å². The molecular formula is C13H19NO3. The van der Waals surface area contributed by atoms with Crippen LogP contribution in [-0.2, 0) is 0 Å². The summed E-state index contributed by atoms with van der Waals surface area (Å²) >= 11 is 0. The van der Waals surface area contributed by atoms with E-state index in [0.29, 0.717) is 17.9 Å². The largest absolute Gasteiger partial charge is 0.497 e. The molecule has 0 fully saturated rings. The SMILES string of the molecule is COc1cccc(C(=O)NCCCCCO)c1. The molecule has 4 nitrogen and oxygen atoms in total. The highest BCUT2D eigenvalue weighted by Crippen LogP contribution is 2.12. The van der Waals surface area contributed by atoms with Gasteiger partial charge >= 0.3 is 0 Å². The van der Waals surface area contributed by atoms with E-state index < -0.39 is 0 Å². The van der Waals surface area contributed by atoms with Crippen molar-refractivity contribution < 1.29 is 14.6 Å². The number of aliphatic hydroxyl groups excluding tert-OH is 1. The summed E-state index contributed by atoms with van der Waals surface area (Å²) < 4.78 is 5.05. The van der Waals surface area contributed by atoms with E-state index in [-0.39, 0.29) is 12.5 Å². The van der Waals surface area contributed by atoms with Gasteiger partial charge in [-0.1, -0.05) is 6.07 Å². The molecular weight excluding hydrogens is 218 g/mol. The fourth-order valence-corrected chi connectivity index (χ4v) is 1.48. The highest BCUT2D eigenvalue weighted by molar-refractivity contribution is 5.94. The molecule has 0 bridgehead atoms. The molecule has 0 saturated heterocycles. The average Bonchev–Trinajstić information content (AvgIpc) is 2.38. The molecule has 4 heteroatoms. The number of carbonyl (C=O) groups excluding carboxylic acids is 1. The van der Waals surface area contributed by atoms with Crippen LogP contribution in [-0.4, -0.2) is 31.3 Å². The summed E-state index contributed by atoms with van der Waals surface area (Å²) in [5.74, 6) is 0.589. The molecule has 1 aromatic rings. The van der Waals surface area contributed by atoms with Gasteiger partial charge in [0.2, 0.25) is 0 Å². The molecule has 94 valence electrons. The zero-order valence-electron chi connectivity index (χ0n) is 10.1. The first-order valence-corrected chi connectivity index (χ1v) is 5.81. The van der Waals surface area contributed by atoms with Crippen LogP contribution in [0.15, 0.2) is 24.3 Å². The van der Waals surface area contributed by atoms with Crippen molar-refractivity contribution in [3.63, 3.8) is 0 Å². The second-order valence-electron chi connectivity index (χ2n) is 3.77. The zero-order chi connectivity index (χ0) is 12.5. The number of ether oxygens (including phenoxy) is 1. The summed E-state index contributed by atoms with van der Waals surface area (Å²) in [5.41, 5.74) is 0.603. The van der Waals surface area contributed by atoms with Crippen LogP contribution in [0.5, 0.6) is 5.75 Å². The predicted octanol–water partition coefficient (Wildman–Crippen LogP) is 1.59. The van der Waals surface area contributed by atoms with Crippen molar-refractivity contribution in [2.45, 2.75) is 19.3 Å². The molecule has 17 heavy (non-hydrogen) atoms. The van der Waals surface area contributed by atoms with E-state index in [1.54, 1.807) is 31.4 Å². The Bertz CT molecular complexity index is 352. The van der Waals surface area contributed by atoms with Crippen LogP contribution >= 0.6 is 0 Å². The van der Waals surface area contributed by atoms with Crippen LogP contribution in [0.2, 0.25) is 0 Å². The van der Waals surface area contributed by atoms with E-state index in [2.05, 4.69) is 5.32 Å². The Balaban J connectivity index is 2.36. The molecule has 0 spiro atoms. The maximum absolute atomic E-state index is 11.7. The first kappa shape index (κ1) is 13.5. The molecule has 0 aliphatic heterocycles. The van der Waals surface area contributed by atoms with Crippen molar-refractivity contribution in [2.75, 3.05) is 20.3 Å². The second kappa shape index (κ2) is 7.68. The number of rotatable bonds is 7. The number of hydrogen-bond acceptors (Lipinski definition) is 3. The molecule has 0 radical (unpaired) electrons. The fraction of sp³-hybridized carbons (Fsp3) is 0.462. The lowest BCUT2D eigenvalue weighted by atomic mass is 10.2. The number of aliphatic hydroxyl groups is 1. The highest BCUT2D eigenvalue weighted by atomic mass is 16.5. The summed E-state index contributed by atoms with van der Waals surface area (Å²) in [6.45, 7) is 0.847. The van der Waals surface area contributed by atoms with Gasteiger partial charge in [0.15, 0.2) is 0 Å². The van der Waals surface area contributed by atoms with Gasteiger partial charge in [-0.05, 0) is 37.5 Å². The smallest absolute Gasteiger partial charge is 0.251 e. The van der Waals surface area contributed by atoms with Crippen LogP contribution < -0.4 is 10.1 Å². The van der Waals surface area contributed by atoms with Gasteiger partial charge in [0.25, 0.3) is 5.91 Å². The van der Waals surface area contributed by atoms with E-state index in [1.807, 2.05) is 0 Å². The lowest BCUT2D eigenvalue weighted by molar-refractivity contribution is 0.0952. The van der Waals surface area contributed by atoms with E-state index in [0.717, 1.165) is 19.3 Å². The van der Waals surface area contributed by atoms with Crippen LogP contribution in [0.25, 0.3) is 0 Å². The molecule has 0 heterocycles. The Morgan fingerprint density at radius 3 is 2.88 bits per heavy atom. The Kier molecular flexibility index (Phi) is 6.10. The minimum absolute atomic E-state index is 0.0899. The highest BCUT2D eigenvalue weighted by Gasteiger charge is 2.05. The summed E-state index contributed by atoms with van der Waals surface area (Å²) in [6.07, 6.45) is 2.60. The molecule has 2 N–H and O–H groups in total. The molecule has 1 aromatic carbocycles. The summed E-state index contributed by atoms with van der Waals surface area (Å²) in [6, 6.07) is 7.06. The van der Waals surface area contributed by atoms with Gasteiger partial charge in [-0.2, -0.15) is 0 Å². The van der Waals surface area contributed by atoms with Gasteiger partial charge < -0.3 is 15.2 Å². The molecule has 0 aliphatic rings. The van der Waals surface area contributed by atoms with Gasteiger partial charge in [0.1, 0.15) is 5.75 Å². The van der Waals surface area contributed by atoms with E-state index >= 15 is 0 Å². The number of carbonyl (C=O) groups is 1. The van der Waals surface area contributed by atoms with Crippen molar-refractivity contribution in [2.24, 2.45) is 0 Å². The number of nitrogens with one attached hydrogen (secondary N) is 1. The lowest BCUT2D eigenvalue weighted by Crippen LogP contribution is -2.24. The summed E-state index contributed by atoms with van der Waals surface area (Å²) in [7, 11) is 1.58. The third-order valence-electron chi connectivity index (χ3n) is 2.45. The monoisotopic (exact) mass is 237 g/mol. The molecule has 0 unspecified atom stereocenters. The Morgan fingerprint density at radius 1 is 1.35 bits per heavy atom. The van der Waals surface area contributed by atoms with Gasteiger partial charge in [0.05, 0.1) is 7.11 Å². The third-order valence-corrected chi connectivity index (χ3v) is 2.45. The van der Waals surface area contributed by atoms with E-state index in [9.17, 15) is 4.79 Å². The maximum Gasteiger partial charge on any atom is 0.251 e. The van der Waals surface area contributed by atoms with Crippen LogP contribution in [0.1, 0.15) is 29.6 Å². The van der Waals surface area contributed by atoms with Crippen LogP contribution in [0.4, 0.5) is 0 Å². The second-order valence-corrected chi connectivity index (χ2v) is 3.77. The molecule has 0 atom stereocenters. The number of benzene rings is 1. The first-order valence-electron chi connectivity index (χ1n) is 5.81. The van der Waals surface area contributed by atoms with Crippen molar-refractivity contribution >= 4 is 5.91 Å². The first-order chi connectivity index (χ1) is 8.27. The molecule has 0 aliphatic carbocycles. The Morgan fingerprint density at radius 2 is 2.18 bits per heavy atom. The molecule has 1 amide bonds. The van der Waals surface area contributed by atoms with E-state index in [1.165, 1.54) is 0 Å². The van der Waals surface area contributed by atoms with Gasteiger partial charge in [-0.25, -0.2) is 0 Å². The molecule has 0 aromatic heterocycles. The molecule has 1 rings (SSSR count). The normalized spacial score (nSPS) is 10.0. The average molecular weight is 237 g/mol. The minimum Gasteiger partial charge on any atom is -0.497 e. The Labute approximate surface area is 102 Å². The predicted molar refractivity (Wildman–Crippen MR) is 66.3 cm³/mol. The van der Waals surface area contributed by atoms with Gasteiger partial charge in [-0.15, -0.1) is 0 Å². The van der Waals surface area contributed by atoms with Gasteiger partial charge in [-0.3, -0.25) is 4.79 Å². The van der Waals surface area contributed by atoms with Crippen LogP contribution in [0.3, 0.4) is 0 Å². The lowest BCUT2D eigenvalue weighted by Gasteiger charge is -2.06. The van der Waals surface area contributed by atoms with Crippen molar-refractivity contribution in [3.05, 3.63) is 29.8 Å². The topological polar surface area (TPSA) is 58.6 Å². The number of unbranched alkanes of at least 4 members (excludes halogenated alkanes) is 2. The quantitative estimate of drug-likeness (QED) is 0.708. The fourth-order valence-electron chi connectivity index (χ4n) is 1.48. The molecule has 0 saturated carbocycles. The number of hydrogen-bond donors (Lipinski definition) is 2. The van der Waals surface area contributed by atoms with Crippen molar-refractivity contribution in [1.29, 1.82) is 0 Å². The maximum atomic E-state index is 11.7. The summed E-state index contributed by atoms with van der Waals surface area (Å²) in [4.78, 5) is 11.7. The minimum atomic E-state index is -0.0899. The third kappa shape index (κ3) is 4.87. The van der Waals surface area contributed by atoms with Gasteiger partial charge in [0, 0.05) is 18.7 Å². The zero-order valence-corrected chi connectivity index (χ0v) is 10.1. The van der Waals surface area contributed by atoms with Crippen molar-refractivity contribution in [3.8, 4) is 5.75 Å².